The van der Waals surface area contributed by atoms with Gasteiger partial charge in [-0.2, -0.15) is 0 Å². The lowest BCUT2D eigenvalue weighted by molar-refractivity contribution is 0.143. The lowest BCUT2D eigenvalue weighted by atomic mass is 10.6. The quantitative estimate of drug-likeness (QED) is 0.450. The molecule has 11 heavy (non-hydrogen) atoms. The largest absolute Gasteiger partial charge is 0.360 e. The molecule has 66 valence electrons. The topological polar surface area (TPSA) is 36.5 Å². The molecule has 0 aromatic heterocycles. The molecule has 0 aliphatic rings. The summed E-state index contributed by atoms with van der Waals surface area (Å²) in [4.78, 5) is 6.67. The third-order valence-electron chi connectivity index (χ3n) is 1.04. The van der Waals surface area contributed by atoms with Gasteiger partial charge >= 0.3 is 0 Å². The van der Waals surface area contributed by atoms with E-state index < -0.39 is 0 Å². The Morgan fingerprint density at radius 3 is 2.64 bits per heavy atom. The summed E-state index contributed by atoms with van der Waals surface area (Å²) >= 11 is 4.84. The van der Waals surface area contributed by atoms with Gasteiger partial charge in [0.2, 0.25) is 0 Å². The Balaban J connectivity index is 3.17. The first-order valence-corrected chi connectivity index (χ1v) is 3.79. The number of hydrogen-bond donors (Lipinski definition) is 2. The minimum Gasteiger partial charge on any atom is -0.360 e. The van der Waals surface area contributed by atoms with Crippen molar-refractivity contribution in [1.82, 2.24) is 15.7 Å². The van der Waals surface area contributed by atoms with Crippen LogP contribution in [-0.2, 0) is 4.84 Å². The first kappa shape index (κ1) is 10.6. The summed E-state index contributed by atoms with van der Waals surface area (Å²) in [7, 11) is 5.54. The molecule has 0 heterocycles. The molecule has 0 atom stereocenters. The highest BCUT2D eigenvalue weighted by Gasteiger charge is 1.92. The molecule has 0 aromatic carbocycles. The maximum absolute atomic E-state index is 4.84. The average Bonchev–Trinajstić information content (AvgIpc) is 1.87. The molecule has 0 aliphatic heterocycles. The van der Waals surface area contributed by atoms with Gasteiger partial charge in [-0.1, -0.05) is 0 Å². The van der Waals surface area contributed by atoms with Crippen molar-refractivity contribution in [2.24, 2.45) is 0 Å². The summed E-state index contributed by atoms with van der Waals surface area (Å²) in [6, 6.07) is 0. The van der Waals surface area contributed by atoms with E-state index in [1.54, 1.807) is 0 Å². The predicted molar refractivity (Wildman–Crippen MR) is 49.3 cm³/mol. The molecule has 0 spiro atoms. The SMILES string of the molecule is CONC(=S)NCCN(C)C. The molecule has 0 saturated carbocycles. The Kier molecular flexibility index (Phi) is 6.10. The number of rotatable bonds is 4. The zero-order chi connectivity index (χ0) is 8.69. The van der Waals surface area contributed by atoms with Crippen molar-refractivity contribution in [3.8, 4) is 0 Å². The lowest BCUT2D eigenvalue weighted by Crippen LogP contribution is -2.38. The van der Waals surface area contributed by atoms with Gasteiger partial charge in [-0.25, -0.2) is 5.48 Å². The molecule has 0 fully saturated rings. The Labute approximate surface area is 72.8 Å². The minimum absolute atomic E-state index is 0.523. The second kappa shape index (κ2) is 6.33. The second-order valence-electron chi connectivity index (χ2n) is 2.37. The van der Waals surface area contributed by atoms with Crippen LogP contribution in [-0.4, -0.2) is 44.3 Å². The molecular formula is C6H15N3OS. The number of nitrogens with zero attached hydrogens (tertiary/aromatic N) is 1. The fraction of sp³-hybridized carbons (Fsp3) is 0.833. The van der Waals surface area contributed by atoms with E-state index in [2.05, 4.69) is 20.5 Å². The zero-order valence-electron chi connectivity index (χ0n) is 7.18. The van der Waals surface area contributed by atoms with Crippen molar-refractivity contribution in [3.63, 3.8) is 0 Å². The van der Waals surface area contributed by atoms with E-state index >= 15 is 0 Å². The van der Waals surface area contributed by atoms with Crippen molar-refractivity contribution in [1.29, 1.82) is 0 Å². The van der Waals surface area contributed by atoms with Crippen molar-refractivity contribution in [2.75, 3.05) is 34.3 Å². The third-order valence-corrected chi connectivity index (χ3v) is 1.27. The van der Waals surface area contributed by atoms with E-state index in [1.807, 2.05) is 14.1 Å². The first-order chi connectivity index (χ1) is 5.16. The molecular weight excluding hydrogens is 162 g/mol. The van der Waals surface area contributed by atoms with Crippen LogP contribution < -0.4 is 10.8 Å². The van der Waals surface area contributed by atoms with Crippen LogP contribution in [0.3, 0.4) is 0 Å². The number of hydrogen-bond acceptors (Lipinski definition) is 3. The van der Waals surface area contributed by atoms with E-state index in [0.717, 1.165) is 13.1 Å². The molecule has 4 nitrogen and oxygen atoms in total. The summed E-state index contributed by atoms with van der Waals surface area (Å²) in [5, 5.41) is 3.49. The molecule has 0 rings (SSSR count). The van der Waals surface area contributed by atoms with Gasteiger partial charge in [-0.05, 0) is 26.3 Å². The van der Waals surface area contributed by atoms with E-state index in [-0.39, 0.29) is 0 Å². The normalized spacial score (nSPS) is 9.82. The molecule has 0 saturated heterocycles. The molecule has 0 aliphatic carbocycles. The van der Waals surface area contributed by atoms with Gasteiger partial charge in [-0.15, -0.1) is 0 Å². The fourth-order valence-electron chi connectivity index (χ4n) is 0.522. The Morgan fingerprint density at radius 1 is 1.55 bits per heavy atom. The molecule has 0 unspecified atom stereocenters. The molecule has 0 bridgehead atoms. The predicted octanol–water partition coefficient (Wildman–Crippen LogP) is -0.426. The van der Waals surface area contributed by atoms with Crippen LogP contribution in [0.15, 0.2) is 0 Å². The average molecular weight is 177 g/mol. The Bertz CT molecular complexity index is 118. The Hall–Kier alpha value is -0.390. The van der Waals surface area contributed by atoms with E-state index in [1.165, 1.54) is 7.11 Å². The number of thiocarbonyl (C=S) groups is 1. The van der Waals surface area contributed by atoms with Gasteiger partial charge in [0.15, 0.2) is 5.11 Å². The van der Waals surface area contributed by atoms with Gasteiger partial charge in [-0.3, -0.25) is 4.84 Å². The van der Waals surface area contributed by atoms with Gasteiger partial charge in [0.1, 0.15) is 0 Å². The summed E-state index contributed by atoms with van der Waals surface area (Å²) in [5.41, 5.74) is 2.52. The van der Waals surface area contributed by atoms with Gasteiger partial charge < -0.3 is 10.2 Å². The van der Waals surface area contributed by atoms with Crippen LogP contribution in [0.25, 0.3) is 0 Å². The van der Waals surface area contributed by atoms with Crippen LogP contribution in [0, 0.1) is 0 Å². The van der Waals surface area contributed by atoms with Crippen LogP contribution in [0.4, 0.5) is 0 Å². The van der Waals surface area contributed by atoms with Crippen molar-refractivity contribution < 1.29 is 4.84 Å². The first-order valence-electron chi connectivity index (χ1n) is 3.38. The summed E-state index contributed by atoms with van der Waals surface area (Å²) < 4.78 is 0. The standard InChI is InChI=1S/C6H15N3OS/c1-9(2)5-4-7-6(11)8-10-3/h4-5H2,1-3H3,(H2,7,8,11). The third kappa shape index (κ3) is 7.51. The number of likely N-dealkylation sites (N-methyl/N-ethyl adjacent to an activating group) is 1. The maximum Gasteiger partial charge on any atom is 0.190 e. The van der Waals surface area contributed by atoms with Crippen LogP contribution in [0.1, 0.15) is 0 Å². The fourth-order valence-corrected chi connectivity index (χ4v) is 0.707. The smallest absolute Gasteiger partial charge is 0.190 e. The molecule has 2 N–H and O–H groups in total. The van der Waals surface area contributed by atoms with E-state index in [9.17, 15) is 0 Å². The van der Waals surface area contributed by atoms with Crippen molar-refractivity contribution >= 4 is 17.3 Å². The lowest BCUT2D eigenvalue weighted by Gasteiger charge is -2.11. The molecule has 0 radical (unpaired) electrons. The minimum atomic E-state index is 0.523. The molecule has 0 amide bonds. The van der Waals surface area contributed by atoms with Gasteiger partial charge in [0, 0.05) is 13.1 Å². The molecule has 5 heteroatoms. The van der Waals surface area contributed by atoms with Crippen LogP contribution in [0.5, 0.6) is 0 Å². The summed E-state index contributed by atoms with van der Waals surface area (Å²) in [6.45, 7) is 1.77. The number of hydroxylamine groups is 1. The Morgan fingerprint density at radius 2 is 2.18 bits per heavy atom. The van der Waals surface area contributed by atoms with Crippen molar-refractivity contribution in [3.05, 3.63) is 0 Å². The monoisotopic (exact) mass is 177 g/mol. The van der Waals surface area contributed by atoms with Gasteiger partial charge in [0.25, 0.3) is 0 Å². The second-order valence-corrected chi connectivity index (χ2v) is 2.77. The van der Waals surface area contributed by atoms with Gasteiger partial charge in [0.05, 0.1) is 7.11 Å². The van der Waals surface area contributed by atoms with Crippen LogP contribution >= 0.6 is 12.2 Å². The highest BCUT2D eigenvalue weighted by Crippen LogP contribution is 1.71. The van der Waals surface area contributed by atoms with Crippen LogP contribution in [0.2, 0.25) is 0 Å². The molecule has 0 aromatic rings. The highest BCUT2D eigenvalue weighted by molar-refractivity contribution is 7.80. The number of nitrogens with one attached hydrogen (secondary N) is 2. The zero-order valence-corrected chi connectivity index (χ0v) is 7.99. The van der Waals surface area contributed by atoms with E-state index in [0.29, 0.717) is 5.11 Å². The highest BCUT2D eigenvalue weighted by atomic mass is 32.1. The maximum atomic E-state index is 4.84. The van der Waals surface area contributed by atoms with E-state index in [4.69, 9.17) is 12.2 Å². The van der Waals surface area contributed by atoms with Crippen molar-refractivity contribution in [2.45, 2.75) is 0 Å². The summed E-state index contributed by atoms with van der Waals surface area (Å²) in [5.74, 6) is 0. The summed E-state index contributed by atoms with van der Waals surface area (Å²) in [6.07, 6.45) is 0.